The van der Waals surface area contributed by atoms with E-state index >= 15 is 0 Å². The highest BCUT2D eigenvalue weighted by Crippen LogP contribution is 2.21. The molecule has 0 bridgehead atoms. The van der Waals surface area contributed by atoms with Crippen molar-refractivity contribution in [2.75, 3.05) is 56.3 Å². The average Bonchev–Trinajstić information content (AvgIpc) is 2.88. The first-order chi connectivity index (χ1) is 17.4. The fourth-order valence-corrected chi connectivity index (χ4v) is 4.32. The van der Waals surface area contributed by atoms with Gasteiger partial charge in [0.2, 0.25) is 5.95 Å². The first kappa shape index (κ1) is 25.2. The van der Waals surface area contributed by atoms with Gasteiger partial charge in [-0.25, -0.2) is 9.97 Å². The molecule has 1 fully saturated rings. The lowest BCUT2D eigenvalue weighted by Gasteiger charge is -2.30. The van der Waals surface area contributed by atoms with E-state index in [4.69, 9.17) is 16.2 Å². The van der Waals surface area contributed by atoms with Crippen LogP contribution in [0.4, 0.5) is 17.5 Å². The third kappa shape index (κ3) is 5.83. The fourth-order valence-electron chi connectivity index (χ4n) is 4.32. The number of carbonyl (C=O) groups excluding carboxylic acids is 2. The molecule has 2 aromatic heterocycles. The number of carbonyl (C=O) groups is 2. The molecule has 0 amide bonds. The second-order valence-corrected chi connectivity index (χ2v) is 8.69. The number of ketones is 1. The molecule has 1 aliphatic rings. The normalized spacial score (nSPS) is 14.6. The lowest BCUT2D eigenvalue weighted by Crippen LogP contribution is -2.39. The molecule has 12 nitrogen and oxygen atoms in total. The number of ether oxygens (including phenoxy) is 1. The van der Waals surface area contributed by atoms with Crippen LogP contribution in [0.3, 0.4) is 0 Å². The minimum atomic E-state index is -0.180. The van der Waals surface area contributed by atoms with Crippen molar-refractivity contribution in [2.45, 2.75) is 19.4 Å². The Kier molecular flexibility index (Phi) is 7.86. The number of rotatable bonds is 9. The van der Waals surface area contributed by atoms with Gasteiger partial charge in [0, 0.05) is 17.8 Å². The van der Waals surface area contributed by atoms with E-state index in [1.165, 1.54) is 7.11 Å². The molecule has 0 atom stereocenters. The van der Waals surface area contributed by atoms with E-state index in [9.17, 15) is 14.7 Å². The number of likely N-dealkylation sites (tertiary alicyclic amines) is 1. The minimum absolute atomic E-state index is 0.0157. The summed E-state index contributed by atoms with van der Waals surface area (Å²) in [5.41, 5.74) is 14.3. The smallest absolute Gasteiger partial charge is 0.308 e. The number of aromatic nitrogens is 4. The number of fused-ring (bicyclic) bond motifs is 1. The van der Waals surface area contributed by atoms with Gasteiger partial charge >= 0.3 is 5.97 Å². The van der Waals surface area contributed by atoms with E-state index in [-0.39, 0.29) is 36.0 Å². The summed E-state index contributed by atoms with van der Waals surface area (Å²) in [5.74, 6) is -0.0724. The van der Waals surface area contributed by atoms with Gasteiger partial charge in [0.15, 0.2) is 22.8 Å². The molecule has 3 aromatic rings. The van der Waals surface area contributed by atoms with Crippen LogP contribution in [0.15, 0.2) is 30.5 Å². The Hall–Kier alpha value is -3.90. The molecule has 1 saturated heterocycles. The number of hydrogen-bond acceptors (Lipinski definition) is 12. The van der Waals surface area contributed by atoms with Crippen LogP contribution in [0.2, 0.25) is 0 Å². The standard InChI is InChI=1S/C24H30N8O4/c1-36-23(35)16-6-8-31(9-7-16)14-19(34)15-2-4-18(5-3-15)32(10-11-33)13-17-12-27-22-20(28-17)21(25)29-24(26)30-22/h2-5,12,16,33H,6-11,13-14H2,1H3,(H4,25,26,27,29,30). The van der Waals surface area contributed by atoms with Crippen molar-refractivity contribution in [3.05, 3.63) is 41.7 Å². The molecule has 0 aliphatic carbocycles. The fraction of sp³-hybridized carbons (Fsp3) is 0.417. The molecule has 12 heteroatoms. The predicted octanol–water partition coefficient (Wildman–Crippen LogP) is 0.651. The van der Waals surface area contributed by atoms with E-state index in [1.807, 2.05) is 17.0 Å². The molecular formula is C24H30N8O4. The molecule has 1 aromatic carbocycles. The number of aliphatic hydroxyl groups is 1. The Bertz CT molecular complexity index is 1230. The van der Waals surface area contributed by atoms with Crippen LogP contribution in [0.1, 0.15) is 28.9 Å². The number of nitrogens with two attached hydrogens (primary N) is 2. The summed E-state index contributed by atoms with van der Waals surface area (Å²) in [6.07, 6.45) is 2.97. The molecule has 0 unspecified atom stereocenters. The van der Waals surface area contributed by atoms with Crippen molar-refractivity contribution < 1.29 is 19.4 Å². The molecule has 4 rings (SSSR count). The highest BCUT2D eigenvalue weighted by molar-refractivity contribution is 5.98. The Balaban J connectivity index is 1.41. The molecule has 0 saturated carbocycles. The van der Waals surface area contributed by atoms with Crippen molar-refractivity contribution >= 4 is 40.4 Å². The first-order valence-electron chi connectivity index (χ1n) is 11.7. The number of nitrogen functional groups attached to an aromatic ring is 2. The largest absolute Gasteiger partial charge is 0.469 e. The number of piperidine rings is 1. The van der Waals surface area contributed by atoms with E-state index in [1.54, 1.807) is 18.3 Å². The van der Waals surface area contributed by atoms with E-state index in [0.29, 0.717) is 68.0 Å². The maximum Gasteiger partial charge on any atom is 0.308 e. The highest BCUT2D eigenvalue weighted by Gasteiger charge is 2.26. The van der Waals surface area contributed by atoms with Gasteiger partial charge in [0.25, 0.3) is 0 Å². The van der Waals surface area contributed by atoms with Gasteiger partial charge < -0.3 is 26.2 Å². The topological polar surface area (TPSA) is 174 Å². The molecule has 190 valence electrons. The van der Waals surface area contributed by atoms with Crippen LogP contribution < -0.4 is 16.4 Å². The molecule has 3 heterocycles. The van der Waals surface area contributed by atoms with Gasteiger partial charge in [0.05, 0.1) is 44.6 Å². The van der Waals surface area contributed by atoms with Crippen LogP contribution in [0.5, 0.6) is 0 Å². The number of hydrogen-bond donors (Lipinski definition) is 3. The van der Waals surface area contributed by atoms with Gasteiger partial charge in [-0.15, -0.1) is 0 Å². The summed E-state index contributed by atoms with van der Waals surface area (Å²) in [6.45, 7) is 2.32. The molecule has 0 spiro atoms. The van der Waals surface area contributed by atoms with Crippen LogP contribution in [0.25, 0.3) is 11.2 Å². The summed E-state index contributed by atoms with van der Waals surface area (Å²) in [7, 11) is 1.40. The Morgan fingerprint density at radius 3 is 2.53 bits per heavy atom. The maximum absolute atomic E-state index is 12.8. The summed E-state index contributed by atoms with van der Waals surface area (Å²) < 4.78 is 4.82. The van der Waals surface area contributed by atoms with Crippen LogP contribution in [0, 0.1) is 5.92 Å². The van der Waals surface area contributed by atoms with Crippen molar-refractivity contribution in [3.63, 3.8) is 0 Å². The third-order valence-electron chi connectivity index (χ3n) is 6.27. The zero-order valence-corrected chi connectivity index (χ0v) is 20.1. The number of methoxy groups -OCH3 is 1. The molecule has 1 aliphatic heterocycles. The number of anilines is 3. The molecule has 0 radical (unpaired) electrons. The average molecular weight is 495 g/mol. The maximum atomic E-state index is 12.8. The zero-order chi connectivity index (χ0) is 25.7. The number of benzene rings is 1. The third-order valence-corrected chi connectivity index (χ3v) is 6.27. The first-order valence-corrected chi connectivity index (χ1v) is 11.7. The van der Waals surface area contributed by atoms with E-state index in [0.717, 1.165) is 5.69 Å². The van der Waals surface area contributed by atoms with Crippen molar-refractivity contribution in [3.8, 4) is 0 Å². The van der Waals surface area contributed by atoms with Gasteiger partial charge in [-0.05, 0) is 50.2 Å². The van der Waals surface area contributed by atoms with Gasteiger partial charge in [-0.3, -0.25) is 14.5 Å². The zero-order valence-electron chi connectivity index (χ0n) is 20.1. The monoisotopic (exact) mass is 494 g/mol. The Morgan fingerprint density at radius 2 is 1.86 bits per heavy atom. The summed E-state index contributed by atoms with van der Waals surface area (Å²) in [4.78, 5) is 45.3. The highest BCUT2D eigenvalue weighted by atomic mass is 16.5. The second-order valence-electron chi connectivity index (χ2n) is 8.69. The molecular weight excluding hydrogens is 464 g/mol. The van der Waals surface area contributed by atoms with E-state index in [2.05, 4.69) is 24.8 Å². The van der Waals surface area contributed by atoms with Crippen molar-refractivity contribution in [1.82, 2.24) is 24.8 Å². The lowest BCUT2D eigenvalue weighted by atomic mass is 9.96. The Morgan fingerprint density at radius 1 is 1.14 bits per heavy atom. The van der Waals surface area contributed by atoms with Crippen molar-refractivity contribution in [2.24, 2.45) is 5.92 Å². The lowest BCUT2D eigenvalue weighted by molar-refractivity contribution is -0.147. The van der Waals surface area contributed by atoms with Crippen molar-refractivity contribution in [1.29, 1.82) is 0 Å². The molecule has 5 N–H and O–H groups in total. The van der Waals surface area contributed by atoms with Crippen LogP contribution >= 0.6 is 0 Å². The molecule has 36 heavy (non-hydrogen) atoms. The summed E-state index contributed by atoms with van der Waals surface area (Å²) in [6, 6.07) is 7.26. The summed E-state index contributed by atoms with van der Waals surface area (Å²) in [5, 5.41) is 9.60. The van der Waals surface area contributed by atoms with E-state index < -0.39 is 0 Å². The number of esters is 1. The minimum Gasteiger partial charge on any atom is -0.469 e. The number of aliphatic hydroxyl groups excluding tert-OH is 1. The van der Waals surface area contributed by atoms with Gasteiger partial charge in [0.1, 0.15) is 0 Å². The second kappa shape index (κ2) is 11.2. The SMILES string of the molecule is COC(=O)C1CCN(CC(=O)c2ccc(N(CCO)Cc3cnc4nc(N)nc(N)c4n3)cc2)CC1. The van der Waals surface area contributed by atoms with Gasteiger partial charge in [-0.1, -0.05) is 0 Å². The number of Topliss-reactive ketones (excluding diaryl/α,β-unsaturated/α-hetero) is 1. The number of nitrogens with zero attached hydrogens (tertiary/aromatic N) is 6. The van der Waals surface area contributed by atoms with Crippen LogP contribution in [-0.4, -0.2) is 81.6 Å². The quantitative estimate of drug-likeness (QED) is 0.280. The summed E-state index contributed by atoms with van der Waals surface area (Å²) >= 11 is 0. The van der Waals surface area contributed by atoms with Gasteiger partial charge in [-0.2, -0.15) is 9.97 Å². The predicted molar refractivity (Wildman–Crippen MR) is 134 cm³/mol. The van der Waals surface area contributed by atoms with Crippen LogP contribution in [-0.2, 0) is 16.1 Å². The Labute approximate surface area is 208 Å².